The van der Waals surface area contributed by atoms with Gasteiger partial charge in [-0.1, -0.05) is 68.7 Å². The van der Waals surface area contributed by atoms with Gasteiger partial charge in [0.1, 0.15) is 23.7 Å². The zero-order chi connectivity index (χ0) is 34.0. The molecule has 2 amide bonds. The maximum absolute atomic E-state index is 13.4. The number of carbonyl (C=O) groups is 4. The Morgan fingerprint density at radius 3 is 2.48 bits per heavy atom. The Labute approximate surface area is 275 Å². The molecule has 12 heteroatoms. The molecular formula is C34H44ClN3O8. The zero-order valence-corrected chi connectivity index (χ0v) is 28.2. The second-order valence-electron chi connectivity index (χ2n) is 12.0. The fourth-order valence-corrected chi connectivity index (χ4v) is 5.12. The minimum Gasteiger partial charge on any atom is -0.495 e. The summed E-state index contributed by atoms with van der Waals surface area (Å²) in [5.74, 6) is -2.26. The molecule has 2 N–H and O–H groups in total. The second kappa shape index (κ2) is 17.0. The highest BCUT2D eigenvalue weighted by atomic mass is 35.5. The molecule has 1 aliphatic rings. The lowest BCUT2D eigenvalue weighted by atomic mass is 9.99. The summed E-state index contributed by atoms with van der Waals surface area (Å²) in [5.41, 5.74) is 2.24. The van der Waals surface area contributed by atoms with Crippen molar-refractivity contribution >= 4 is 41.4 Å². The van der Waals surface area contributed by atoms with Crippen LogP contribution in [0.3, 0.4) is 0 Å². The Balaban J connectivity index is 1.91. The normalized spacial score (nSPS) is 23.4. The molecule has 3 rings (SSSR count). The molecule has 2 aromatic rings. The van der Waals surface area contributed by atoms with Gasteiger partial charge in [0.05, 0.1) is 23.7 Å². The Bertz CT molecular complexity index is 1430. The number of aromatic nitrogens is 1. The number of halogens is 1. The minimum atomic E-state index is -1.14. The van der Waals surface area contributed by atoms with Crippen LogP contribution in [0.15, 0.2) is 41.0 Å². The largest absolute Gasteiger partial charge is 0.495 e. The molecule has 0 spiro atoms. The third-order valence-corrected chi connectivity index (χ3v) is 7.92. The van der Waals surface area contributed by atoms with Gasteiger partial charge in [-0.05, 0) is 50.0 Å². The highest BCUT2D eigenvalue weighted by Gasteiger charge is 2.32. The highest BCUT2D eigenvalue weighted by Crippen LogP contribution is 2.26. The first-order valence-corrected chi connectivity index (χ1v) is 15.8. The summed E-state index contributed by atoms with van der Waals surface area (Å²) in [6, 6.07) is 4.13. The Morgan fingerprint density at radius 1 is 1.11 bits per heavy atom. The van der Waals surface area contributed by atoms with Crippen LogP contribution < -0.4 is 15.4 Å². The van der Waals surface area contributed by atoms with Gasteiger partial charge in [0.25, 0.3) is 0 Å². The quantitative estimate of drug-likeness (QED) is 0.378. The second-order valence-corrected chi connectivity index (χ2v) is 12.4. The first-order valence-electron chi connectivity index (χ1n) is 15.4. The molecule has 2 heterocycles. The average molecular weight is 658 g/mol. The number of nitrogens with one attached hydrogen (secondary N) is 2. The maximum atomic E-state index is 13.4. The number of carbonyl (C=O) groups excluding carboxylic acids is 4. The number of methoxy groups -OCH3 is 1. The zero-order valence-electron chi connectivity index (χ0n) is 27.4. The van der Waals surface area contributed by atoms with Crippen molar-refractivity contribution in [3.8, 4) is 5.75 Å². The Morgan fingerprint density at radius 2 is 1.85 bits per heavy atom. The van der Waals surface area contributed by atoms with Crippen molar-refractivity contribution in [2.24, 2.45) is 17.8 Å². The maximum Gasteiger partial charge on any atom is 0.347 e. The summed E-state index contributed by atoms with van der Waals surface area (Å²) >= 11 is 6.29. The van der Waals surface area contributed by atoms with Crippen molar-refractivity contribution in [2.75, 3.05) is 13.7 Å². The van der Waals surface area contributed by atoms with E-state index >= 15 is 0 Å². The molecule has 0 aliphatic carbocycles. The van der Waals surface area contributed by atoms with Gasteiger partial charge in [-0.3, -0.25) is 14.4 Å². The lowest BCUT2D eigenvalue weighted by Gasteiger charge is -2.26. The van der Waals surface area contributed by atoms with Crippen molar-refractivity contribution in [1.29, 1.82) is 0 Å². The van der Waals surface area contributed by atoms with Gasteiger partial charge in [-0.25, -0.2) is 4.79 Å². The summed E-state index contributed by atoms with van der Waals surface area (Å²) in [7, 11) is 1.50. The van der Waals surface area contributed by atoms with Gasteiger partial charge >= 0.3 is 11.9 Å². The van der Waals surface area contributed by atoms with E-state index in [1.54, 1.807) is 38.1 Å². The number of ether oxygens (including phenoxy) is 3. The lowest BCUT2D eigenvalue weighted by molar-refractivity contribution is -0.175. The van der Waals surface area contributed by atoms with Crippen LogP contribution >= 0.6 is 11.6 Å². The molecule has 1 aromatic heterocycles. The highest BCUT2D eigenvalue weighted by molar-refractivity contribution is 6.32. The molecule has 0 radical (unpaired) electrons. The Kier molecular flexibility index (Phi) is 13.4. The molecule has 1 unspecified atom stereocenters. The van der Waals surface area contributed by atoms with Gasteiger partial charge in [-0.15, -0.1) is 0 Å². The van der Waals surface area contributed by atoms with Crippen molar-refractivity contribution in [1.82, 2.24) is 15.8 Å². The van der Waals surface area contributed by atoms with E-state index in [1.165, 1.54) is 13.2 Å². The van der Waals surface area contributed by atoms with Crippen molar-refractivity contribution in [3.05, 3.63) is 64.0 Å². The van der Waals surface area contributed by atoms with Crippen molar-refractivity contribution in [3.63, 3.8) is 0 Å². The number of hydrogen-bond acceptors (Lipinski definition) is 9. The SMILES string of the molecule is COc1ccc(C[C@H]2NC(=O)/C=C/C[C@@H](C(C)/C=C/c3c(C)noc3C)OC(=O)[C@H](CC(C)C)OC(=O)[C@H](C)CNC2=O)cc1Cl. The fraction of sp³-hybridized carbons (Fsp3) is 0.500. The van der Waals surface area contributed by atoms with E-state index in [-0.39, 0.29) is 37.6 Å². The molecule has 1 aliphatic heterocycles. The first kappa shape index (κ1) is 36.3. The number of nitrogens with zero attached hydrogens (tertiary/aromatic N) is 1. The number of esters is 2. The summed E-state index contributed by atoms with van der Waals surface area (Å²) in [4.78, 5) is 52.8. The predicted molar refractivity (Wildman–Crippen MR) is 173 cm³/mol. The smallest absolute Gasteiger partial charge is 0.347 e. The van der Waals surface area contributed by atoms with Crippen LogP contribution in [0, 0.1) is 31.6 Å². The van der Waals surface area contributed by atoms with Gasteiger partial charge in [-0.2, -0.15) is 0 Å². The van der Waals surface area contributed by atoms with Crippen LogP contribution in [-0.4, -0.2) is 60.8 Å². The number of rotatable bonds is 8. The molecule has 0 bridgehead atoms. The van der Waals surface area contributed by atoms with Gasteiger partial charge in [0.2, 0.25) is 11.8 Å². The molecule has 46 heavy (non-hydrogen) atoms. The van der Waals surface area contributed by atoms with E-state index in [4.69, 9.17) is 30.3 Å². The average Bonchev–Trinajstić information content (AvgIpc) is 3.32. The molecule has 0 saturated carbocycles. The summed E-state index contributed by atoms with van der Waals surface area (Å²) in [6.45, 7) is 10.9. The van der Waals surface area contributed by atoms with Gasteiger partial charge < -0.3 is 29.4 Å². The van der Waals surface area contributed by atoms with E-state index in [1.807, 2.05) is 39.8 Å². The topological polar surface area (TPSA) is 146 Å². The van der Waals surface area contributed by atoms with Crippen LogP contribution in [0.25, 0.3) is 6.08 Å². The van der Waals surface area contributed by atoms with Gasteiger partial charge in [0.15, 0.2) is 6.10 Å². The number of cyclic esters (lactones) is 2. The fourth-order valence-electron chi connectivity index (χ4n) is 4.84. The Hall–Kier alpha value is -4.12. The monoisotopic (exact) mass is 657 g/mol. The summed E-state index contributed by atoms with van der Waals surface area (Å²) < 4.78 is 22.1. The van der Waals surface area contributed by atoms with Crippen molar-refractivity contribution in [2.45, 2.75) is 79.1 Å². The molecular weight excluding hydrogens is 614 g/mol. The number of hydrogen-bond donors (Lipinski definition) is 2. The van der Waals surface area contributed by atoms with Crippen LogP contribution in [-0.2, 0) is 35.1 Å². The lowest BCUT2D eigenvalue weighted by Crippen LogP contribution is -2.49. The first-order chi connectivity index (χ1) is 21.8. The molecule has 0 fully saturated rings. The van der Waals surface area contributed by atoms with Gasteiger partial charge in [0, 0.05) is 30.9 Å². The summed E-state index contributed by atoms with van der Waals surface area (Å²) in [5, 5.41) is 9.80. The van der Waals surface area contributed by atoms with Crippen LogP contribution in [0.4, 0.5) is 0 Å². The third-order valence-electron chi connectivity index (χ3n) is 7.63. The minimum absolute atomic E-state index is 0.0251. The number of amides is 2. The number of aryl methyl sites for hydroxylation is 2. The van der Waals surface area contributed by atoms with E-state index < -0.39 is 47.9 Å². The molecule has 1 aromatic carbocycles. The predicted octanol–water partition coefficient (Wildman–Crippen LogP) is 4.91. The van der Waals surface area contributed by atoms with E-state index in [0.717, 1.165) is 11.3 Å². The molecule has 250 valence electrons. The van der Waals surface area contributed by atoms with E-state index in [9.17, 15) is 19.2 Å². The standard InChI is InChI=1S/C34H44ClN3O8/c1-19(2)15-30-34(42)44-28(20(3)11-13-25-22(5)38-46-23(25)6)9-8-10-31(39)37-27(32(40)36-18-21(4)33(41)45-30)17-24-12-14-29(43-7)26(35)16-24/h8,10-14,16,19-21,27-28,30H,9,15,17-18H2,1-7H3,(H,36,40)(H,37,39)/b10-8+,13-11+/t20?,21-,27-,28+,30+/m1/s1. The molecule has 0 saturated heterocycles. The molecule has 5 atom stereocenters. The van der Waals surface area contributed by atoms with Crippen LogP contribution in [0.2, 0.25) is 5.02 Å². The van der Waals surface area contributed by atoms with E-state index in [2.05, 4.69) is 15.8 Å². The molecule has 11 nitrogen and oxygen atoms in total. The van der Waals surface area contributed by atoms with Crippen LogP contribution in [0.1, 0.15) is 63.1 Å². The van der Waals surface area contributed by atoms with Crippen molar-refractivity contribution < 1.29 is 37.9 Å². The number of benzene rings is 1. The summed E-state index contributed by atoms with van der Waals surface area (Å²) in [6.07, 6.45) is 5.36. The third kappa shape index (κ3) is 10.5. The van der Waals surface area contributed by atoms with E-state index in [0.29, 0.717) is 22.1 Å². The van der Waals surface area contributed by atoms with Crippen LogP contribution in [0.5, 0.6) is 5.75 Å².